The summed E-state index contributed by atoms with van der Waals surface area (Å²) in [6.07, 6.45) is 1.82. The van der Waals surface area contributed by atoms with E-state index < -0.39 is 11.7 Å². The number of rotatable bonds is 5. The molecule has 0 unspecified atom stereocenters. The molecule has 1 aromatic carbocycles. The number of nitrogens with zero attached hydrogens (tertiary/aromatic N) is 1. The lowest BCUT2D eigenvalue weighted by atomic mass is 10.1. The van der Waals surface area contributed by atoms with Crippen molar-refractivity contribution in [1.29, 1.82) is 0 Å². The van der Waals surface area contributed by atoms with Gasteiger partial charge in [-0.3, -0.25) is 4.79 Å². The first-order valence-corrected chi connectivity index (χ1v) is 6.46. The van der Waals surface area contributed by atoms with Crippen LogP contribution in [0.2, 0.25) is 0 Å². The molecule has 0 fully saturated rings. The maximum atomic E-state index is 13.9. The lowest BCUT2D eigenvalue weighted by molar-refractivity contribution is 0.0950. The van der Waals surface area contributed by atoms with Gasteiger partial charge in [0.25, 0.3) is 5.91 Å². The molecule has 0 spiro atoms. The minimum Gasteiger partial charge on any atom is -0.371 e. The Morgan fingerprint density at radius 1 is 1.29 bits per heavy atom. The van der Waals surface area contributed by atoms with Crippen molar-refractivity contribution in [3.05, 3.63) is 59.3 Å². The third-order valence-electron chi connectivity index (χ3n) is 2.96. The predicted molar refractivity (Wildman–Crippen MR) is 76.2 cm³/mol. The minimum atomic E-state index is -0.691. The molecule has 21 heavy (non-hydrogen) atoms. The van der Waals surface area contributed by atoms with Crippen LogP contribution >= 0.6 is 0 Å². The van der Waals surface area contributed by atoms with E-state index >= 15 is 0 Å². The van der Waals surface area contributed by atoms with Crippen LogP contribution in [0.4, 0.5) is 14.6 Å². The SMILES string of the molecule is CNc1nccc(C(=O)NCCc2cccc(F)c2)c1F. The highest BCUT2D eigenvalue weighted by Crippen LogP contribution is 2.14. The smallest absolute Gasteiger partial charge is 0.254 e. The number of amides is 1. The summed E-state index contributed by atoms with van der Waals surface area (Å²) in [5.41, 5.74) is 0.690. The van der Waals surface area contributed by atoms with Crippen LogP contribution in [0.5, 0.6) is 0 Å². The third kappa shape index (κ3) is 3.75. The summed E-state index contributed by atoms with van der Waals surface area (Å²) in [6.45, 7) is 0.291. The van der Waals surface area contributed by atoms with Crippen molar-refractivity contribution in [2.24, 2.45) is 0 Å². The first-order valence-electron chi connectivity index (χ1n) is 6.46. The van der Waals surface area contributed by atoms with E-state index in [1.807, 2.05) is 0 Å². The van der Waals surface area contributed by atoms with Crippen molar-refractivity contribution in [2.45, 2.75) is 6.42 Å². The van der Waals surface area contributed by atoms with Gasteiger partial charge in [0.1, 0.15) is 5.82 Å². The van der Waals surface area contributed by atoms with Gasteiger partial charge in [0, 0.05) is 19.8 Å². The molecular weight excluding hydrogens is 276 g/mol. The van der Waals surface area contributed by atoms with Crippen molar-refractivity contribution in [3.63, 3.8) is 0 Å². The molecule has 6 heteroatoms. The maximum absolute atomic E-state index is 13.9. The van der Waals surface area contributed by atoms with E-state index in [1.165, 1.54) is 31.4 Å². The molecular formula is C15H15F2N3O. The molecule has 0 bridgehead atoms. The Morgan fingerprint density at radius 2 is 2.10 bits per heavy atom. The number of pyridine rings is 1. The van der Waals surface area contributed by atoms with E-state index in [-0.39, 0.29) is 17.2 Å². The Labute approximate surface area is 121 Å². The lowest BCUT2D eigenvalue weighted by Crippen LogP contribution is -2.27. The van der Waals surface area contributed by atoms with E-state index in [9.17, 15) is 13.6 Å². The number of aromatic nitrogens is 1. The van der Waals surface area contributed by atoms with E-state index in [4.69, 9.17) is 0 Å². The highest BCUT2D eigenvalue weighted by atomic mass is 19.1. The molecule has 2 aromatic rings. The van der Waals surface area contributed by atoms with Crippen LogP contribution in [0.1, 0.15) is 15.9 Å². The number of anilines is 1. The molecule has 0 saturated heterocycles. The number of carbonyl (C=O) groups is 1. The fourth-order valence-corrected chi connectivity index (χ4v) is 1.90. The molecule has 0 atom stereocenters. The second-order valence-corrected chi connectivity index (χ2v) is 4.41. The van der Waals surface area contributed by atoms with Crippen LogP contribution in [0.25, 0.3) is 0 Å². The molecule has 110 valence electrons. The Hall–Kier alpha value is -2.50. The van der Waals surface area contributed by atoms with Crippen molar-refractivity contribution in [1.82, 2.24) is 10.3 Å². The average molecular weight is 291 g/mol. The second-order valence-electron chi connectivity index (χ2n) is 4.41. The third-order valence-corrected chi connectivity index (χ3v) is 2.96. The van der Waals surface area contributed by atoms with Crippen LogP contribution in [0.3, 0.4) is 0 Å². The van der Waals surface area contributed by atoms with Crippen LogP contribution in [-0.4, -0.2) is 24.5 Å². The fraction of sp³-hybridized carbons (Fsp3) is 0.200. The van der Waals surface area contributed by atoms with E-state index in [0.29, 0.717) is 13.0 Å². The fourth-order valence-electron chi connectivity index (χ4n) is 1.90. The quantitative estimate of drug-likeness (QED) is 0.889. The Balaban J connectivity index is 1.96. The predicted octanol–water partition coefficient (Wildman–Crippen LogP) is 2.37. The van der Waals surface area contributed by atoms with Gasteiger partial charge in [-0.15, -0.1) is 0 Å². The molecule has 0 saturated carbocycles. The molecule has 1 aromatic heterocycles. The van der Waals surface area contributed by atoms with Crippen LogP contribution in [-0.2, 0) is 6.42 Å². The van der Waals surface area contributed by atoms with E-state index in [1.54, 1.807) is 12.1 Å². The highest BCUT2D eigenvalue weighted by Gasteiger charge is 2.14. The van der Waals surface area contributed by atoms with Crippen molar-refractivity contribution in [2.75, 3.05) is 18.9 Å². The number of carbonyl (C=O) groups excluding carboxylic acids is 1. The zero-order valence-corrected chi connectivity index (χ0v) is 11.5. The van der Waals surface area contributed by atoms with Crippen molar-refractivity contribution >= 4 is 11.7 Å². The van der Waals surface area contributed by atoms with Crippen molar-refractivity contribution in [3.8, 4) is 0 Å². The van der Waals surface area contributed by atoms with Gasteiger partial charge in [0.2, 0.25) is 0 Å². The first kappa shape index (κ1) is 14.9. The molecule has 2 N–H and O–H groups in total. The topological polar surface area (TPSA) is 54.0 Å². The summed E-state index contributed by atoms with van der Waals surface area (Å²) >= 11 is 0. The molecule has 0 aliphatic carbocycles. The van der Waals surface area contributed by atoms with Gasteiger partial charge in [-0.1, -0.05) is 12.1 Å². The summed E-state index contributed by atoms with van der Waals surface area (Å²) in [5.74, 6) is -1.52. The summed E-state index contributed by atoms with van der Waals surface area (Å²) in [7, 11) is 1.52. The van der Waals surface area contributed by atoms with E-state index in [0.717, 1.165) is 5.56 Å². The molecule has 0 aliphatic heterocycles. The molecule has 1 amide bonds. The van der Waals surface area contributed by atoms with Gasteiger partial charge in [0.05, 0.1) is 5.56 Å². The van der Waals surface area contributed by atoms with Gasteiger partial charge < -0.3 is 10.6 Å². The average Bonchev–Trinajstić information content (AvgIpc) is 2.47. The zero-order valence-electron chi connectivity index (χ0n) is 11.5. The van der Waals surface area contributed by atoms with Gasteiger partial charge in [-0.25, -0.2) is 13.8 Å². The Morgan fingerprint density at radius 3 is 2.81 bits per heavy atom. The van der Waals surface area contributed by atoms with Crippen LogP contribution < -0.4 is 10.6 Å². The summed E-state index contributed by atoms with van der Waals surface area (Å²) in [5, 5.41) is 5.17. The highest BCUT2D eigenvalue weighted by molar-refractivity contribution is 5.95. The minimum absolute atomic E-state index is 0.0211. The molecule has 2 rings (SSSR count). The number of benzene rings is 1. The van der Waals surface area contributed by atoms with Gasteiger partial charge >= 0.3 is 0 Å². The zero-order chi connectivity index (χ0) is 15.2. The summed E-state index contributed by atoms with van der Waals surface area (Å²) in [6, 6.07) is 7.44. The normalized spacial score (nSPS) is 10.2. The maximum Gasteiger partial charge on any atom is 0.254 e. The van der Waals surface area contributed by atoms with Crippen LogP contribution in [0, 0.1) is 11.6 Å². The number of nitrogens with one attached hydrogen (secondary N) is 2. The van der Waals surface area contributed by atoms with Gasteiger partial charge in [0.15, 0.2) is 11.6 Å². The van der Waals surface area contributed by atoms with Gasteiger partial charge in [-0.05, 0) is 30.2 Å². The Kier molecular flexibility index (Phi) is 4.81. The monoisotopic (exact) mass is 291 g/mol. The Bertz CT molecular complexity index is 647. The molecule has 0 aliphatic rings. The van der Waals surface area contributed by atoms with Crippen LogP contribution in [0.15, 0.2) is 36.5 Å². The van der Waals surface area contributed by atoms with Crippen molar-refractivity contribution < 1.29 is 13.6 Å². The summed E-state index contributed by atoms with van der Waals surface area (Å²) < 4.78 is 26.9. The van der Waals surface area contributed by atoms with Gasteiger partial charge in [-0.2, -0.15) is 0 Å². The standard InChI is InChI=1S/C15H15F2N3O/c1-18-14-13(17)12(6-8-19-14)15(21)20-7-5-10-3-2-4-11(16)9-10/h2-4,6,8-9H,5,7H2,1H3,(H,18,19)(H,20,21). The lowest BCUT2D eigenvalue weighted by Gasteiger charge is -2.08. The second kappa shape index (κ2) is 6.78. The molecule has 0 radical (unpaired) electrons. The summed E-state index contributed by atoms with van der Waals surface area (Å²) in [4.78, 5) is 15.7. The molecule has 4 nitrogen and oxygen atoms in total. The number of hydrogen-bond donors (Lipinski definition) is 2. The largest absolute Gasteiger partial charge is 0.371 e. The first-order chi connectivity index (χ1) is 10.1. The molecule has 1 heterocycles. The number of halogens is 2. The number of hydrogen-bond acceptors (Lipinski definition) is 3. The van der Waals surface area contributed by atoms with E-state index in [2.05, 4.69) is 15.6 Å².